The average Bonchev–Trinajstić information content (AvgIpc) is 2.38. The molecule has 0 spiro atoms. The summed E-state index contributed by atoms with van der Waals surface area (Å²) in [6.45, 7) is 3.31. The van der Waals surface area contributed by atoms with E-state index in [0.717, 1.165) is 18.9 Å². The molecule has 86 valence electrons. The smallest absolute Gasteiger partial charge is 0.0343 e. The first-order valence-corrected chi connectivity index (χ1v) is 6.36. The molecule has 0 fully saturated rings. The highest BCUT2D eigenvalue weighted by molar-refractivity contribution is 5.45. The molecule has 1 atom stereocenters. The maximum Gasteiger partial charge on any atom is 0.0343 e. The van der Waals surface area contributed by atoms with E-state index in [4.69, 9.17) is 0 Å². The Hall–Kier alpha value is -1.24. The molecule has 0 saturated carbocycles. The molecule has 0 radical (unpaired) electrons. The van der Waals surface area contributed by atoms with Crippen LogP contribution < -0.4 is 5.32 Å². The van der Waals surface area contributed by atoms with Crippen molar-refractivity contribution in [2.75, 3.05) is 11.9 Å². The minimum atomic E-state index is 0.815. The number of nitrogens with one attached hydrogen (secondary N) is 1. The Morgan fingerprint density at radius 3 is 3.00 bits per heavy atom. The van der Waals surface area contributed by atoms with Crippen LogP contribution in [0.3, 0.4) is 0 Å². The lowest BCUT2D eigenvalue weighted by Crippen LogP contribution is -2.15. The van der Waals surface area contributed by atoms with E-state index in [0.29, 0.717) is 0 Å². The summed E-state index contributed by atoms with van der Waals surface area (Å²) >= 11 is 0. The van der Waals surface area contributed by atoms with Gasteiger partial charge in [-0.1, -0.05) is 31.2 Å². The molecule has 2 rings (SSSR count). The van der Waals surface area contributed by atoms with Crippen molar-refractivity contribution >= 4 is 5.69 Å². The lowest BCUT2D eigenvalue weighted by atomic mass is 9.94. The van der Waals surface area contributed by atoms with Crippen molar-refractivity contribution < 1.29 is 0 Å². The Balaban J connectivity index is 1.86. The van der Waals surface area contributed by atoms with Crippen LogP contribution in [0.5, 0.6) is 0 Å². The summed E-state index contributed by atoms with van der Waals surface area (Å²) in [5.41, 5.74) is 2.68. The van der Waals surface area contributed by atoms with Crippen LogP contribution in [-0.4, -0.2) is 6.54 Å². The molecule has 1 unspecified atom stereocenters. The van der Waals surface area contributed by atoms with Crippen LogP contribution in [-0.2, 0) is 6.42 Å². The van der Waals surface area contributed by atoms with E-state index in [2.05, 4.69) is 48.7 Å². The van der Waals surface area contributed by atoms with Crippen LogP contribution in [0.15, 0.2) is 36.4 Å². The zero-order valence-electron chi connectivity index (χ0n) is 10.1. The summed E-state index contributed by atoms with van der Waals surface area (Å²) in [6.07, 6.45) is 9.55. The first-order chi connectivity index (χ1) is 7.88. The standard InChI is InChI=1S/C15H21N/c1-2-13-9-6-10-15(11-13)16-12-14-7-4-3-5-8-14/h3-4,6,9-11,14,16H,2,5,7-8,12H2,1H3. The summed E-state index contributed by atoms with van der Waals surface area (Å²) in [5.74, 6) is 0.815. The van der Waals surface area contributed by atoms with Crippen LogP contribution in [0, 0.1) is 5.92 Å². The highest BCUT2D eigenvalue weighted by Gasteiger charge is 2.08. The van der Waals surface area contributed by atoms with Crippen LogP contribution in [0.1, 0.15) is 31.7 Å². The highest BCUT2D eigenvalue weighted by Crippen LogP contribution is 2.19. The van der Waals surface area contributed by atoms with Gasteiger partial charge in [-0.25, -0.2) is 0 Å². The maximum atomic E-state index is 3.56. The van der Waals surface area contributed by atoms with Gasteiger partial charge < -0.3 is 5.32 Å². The topological polar surface area (TPSA) is 12.0 Å². The third-order valence-corrected chi connectivity index (χ3v) is 3.31. The van der Waals surface area contributed by atoms with E-state index in [1.54, 1.807) is 0 Å². The molecule has 1 aliphatic carbocycles. The zero-order valence-corrected chi connectivity index (χ0v) is 10.1. The second-order valence-electron chi connectivity index (χ2n) is 4.59. The molecule has 1 aromatic rings. The summed E-state index contributed by atoms with van der Waals surface area (Å²) in [6, 6.07) is 8.76. The molecule has 0 heterocycles. The van der Waals surface area contributed by atoms with Gasteiger partial charge in [0.25, 0.3) is 0 Å². The molecule has 0 aliphatic heterocycles. The fourth-order valence-corrected chi connectivity index (χ4v) is 2.21. The van der Waals surface area contributed by atoms with Gasteiger partial charge in [0.2, 0.25) is 0 Å². The first kappa shape index (κ1) is 11.3. The number of anilines is 1. The fourth-order valence-electron chi connectivity index (χ4n) is 2.21. The molecule has 1 nitrogen and oxygen atoms in total. The maximum absolute atomic E-state index is 3.56. The number of rotatable bonds is 4. The molecule has 1 heteroatoms. The minimum Gasteiger partial charge on any atom is -0.385 e. The van der Waals surface area contributed by atoms with Gasteiger partial charge in [0.15, 0.2) is 0 Å². The van der Waals surface area contributed by atoms with Gasteiger partial charge in [0.05, 0.1) is 0 Å². The largest absolute Gasteiger partial charge is 0.385 e. The Kier molecular flexibility index (Phi) is 4.03. The number of benzene rings is 1. The Morgan fingerprint density at radius 1 is 1.31 bits per heavy atom. The lowest BCUT2D eigenvalue weighted by Gasteiger charge is -2.19. The van der Waals surface area contributed by atoms with Crippen LogP contribution in [0.2, 0.25) is 0 Å². The van der Waals surface area contributed by atoms with E-state index in [9.17, 15) is 0 Å². The quantitative estimate of drug-likeness (QED) is 0.748. The molecule has 1 aromatic carbocycles. The van der Waals surface area contributed by atoms with Crippen molar-refractivity contribution in [1.82, 2.24) is 0 Å². The summed E-state index contributed by atoms with van der Waals surface area (Å²) < 4.78 is 0. The molecule has 16 heavy (non-hydrogen) atoms. The molecular weight excluding hydrogens is 194 g/mol. The molecule has 0 aromatic heterocycles. The predicted octanol–water partition coefficient (Wildman–Crippen LogP) is 4.02. The zero-order chi connectivity index (χ0) is 11.2. The van der Waals surface area contributed by atoms with E-state index in [-0.39, 0.29) is 0 Å². The number of hydrogen-bond donors (Lipinski definition) is 1. The monoisotopic (exact) mass is 215 g/mol. The number of allylic oxidation sites excluding steroid dienone is 2. The van der Waals surface area contributed by atoms with Crippen molar-refractivity contribution in [3.8, 4) is 0 Å². The number of aryl methyl sites for hydroxylation is 1. The average molecular weight is 215 g/mol. The summed E-state index contributed by atoms with van der Waals surface area (Å²) in [4.78, 5) is 0. The van der Waals surface area contributed by atoms with Gasteiger partial charge in [-0.05, 0) is 49.3 Å². The van der Waals surface area contributed by atoms with Crippen molar-refractivity contribution in [2.24, 2.45) is 5.92 Å². The van der Waals surface area contributed by atoms with Gasteiger partial charge in [0, 0.05) is 12.2 Å². The van der Waals surface area contributed by atoms with E-state index in [1.807, 2.05) is 0 Å². The van der Waals surface area contributed by atoms with Crippen molar-refractivity contribution in [3.05, 3.63) is 42.0 Å². The van der Waals surface area contributed by atoms with Gasteiger partial charge >= 0.3 is 0 Å². The molecule has 0 bridgehead atoms. The Labute approximate surface area is 98.6 Å². The van der Waals surface area contributed by atoms with Crippen LogP contribution in [0.4, 0.5) is 5.69 Å². The second kappa shape index (κ2) is 5.74. The third kappa shape index (κ3) is 3.13. The first-order valence-electron chi connectivity index (χ1n) is 6.36. The minimum absolute atomic E-state index is 0.815. The Morgan fingerprint density at radius 2 is 2.25 bits per heavy atom. The van der Waals surface area contributed by atoms with Gasteiger partial charge in [-0.2, -0.15) is 0 Å². The van der Waals surface area contributed by atoms with Crippen molar-refractivity contribution in [2.45, 2.75) is 32.6 Å². The van der Waals surface area contributed by atoms with Gasteiger partial charge in [0.1, 0.15) is 0 Å². The number of hydrogen-bond acceptors (Lipinski definition) is 1. The van der Waals surface area contributed by atoms with E-state index >= 15 is 0 Å². The van der Waals surface area contributed by atoms with Crippen LogP contribution >= 0.6 is 0 Å². The summed E-state index contributed by atoms with van der Waals surface area (Å²) in [5, 5.41) is 3.56. The van der Waals surface area contributed by atoms with Gasteiger partial charge in [-0.15, -0.1) is 0 Å². The highest BCUT2D eigenvalue weighted by atomic mass is 14.9. The molecule has 1 aliphatic rings. The molecule has 0 amide bonds. The fraction of sp³-hybridized carbons (Fsp3) is 0.467. The summed E-state index contributed by atoms with van der Waals surface area (Å²) in [7, 11) is 0. The lowest BCUT2D eigenvalue weighted by molar-refractivity contribution is 0.504. The van der Waals surface area contributed by atoms with Gasteiger partial charge in [-0.3, -0.25) is 0 Å². The second-order valence-corrected chi connectivity index (χ2v) is 4.59. The molecule has 1 N–H and O–H groups in total. The SMILES string of the molecule is CCc1cccc(NCC2CC=CCC2)c1. The van der Waals surface area contributed by atoms with E-state index < -0.39 is 0 Å². The predicted molar refractivity (Wildman–Crippen MR) is 70.8 cm³/mol. The molecule has 0 saturated heterocycles. The van der Waals surface area contributed by atoms with Crippen molar-refractivity contribution in [3.63, 3.8) is 0 Å². The molecular formula is C15H21N. The van der Waals surface area contributed by atoms with E-state index in [1.165, 1.54) is 30.5 Å². The Bertz CT molecular complexity index is 354. The van der Waals surface area contributed by atoms with Crippen molar-refractivity contribution in [1.29, 1.82) is 0 Å². The third-order valence-electron chi connectivity index (χ3n) is 3.31. The van der Waals surface area contributed by atoms with Crippen LogP contribution in [0.25, 0.3) is 0 Å². The normalized spacial score (nSPS) is 19.7.